The number of fused-ring (bicyclic) bond motifs is 14. The maximum atomic E-state index is 6.87. The lowest BCUT2D eigenvalue weighted by Crippen LogP contribution is -2.36. The molecule has 12 rings (SSSR count). The third-order valence-electron chi connectivity index (χ3n) is 11.1. The first-order valence-electron chi connectivity index (χ1n) is 17.8. The molecular formula is C48H27NO4. The molecule has 2 aliphatic heterocycles. The van der Waals surface area contributed by atoms with Gasteiger partial charge in [0.2, 0.25) is 0 Å². The Hall–Kier alpha value is -7.11. The molecule has 0 amide bonds. The van der Waals surface area contributed by atoms with Gasteiger partial charge in [-0.05, 0) is 70.8 Å². The van der Waals surface area contributed by atoms with Crippen LogP contribution < -0.4 is 9.47 Å². The normalized spacial score (nSPS) is 15.5. The van der Waals surface area contributed by atoms with Crippen molar-refractivity contribution in [3.8, 4) is 45.3 Å². The van der Waals surface area contributed by atoms with Gasteiger partial charge >= 0.3 is 0 Å². The van der Waals surface area contributed by atoms with Gasteiger partial charge in [-0.25, -0.2) is 0 Å². The lowest BCUT2D eigenvalue weighted by Gasteiger charge is -2.45. The Labute approximate surface area is 303 Å². The van der Waals surface area contributed by atoms with Crippen LogP contribution in [-0.4, -0.2) is 4.98 Å². The second kappa shape index (κ2) is 10.5. The van der Waals surface area contributed by atoms with Gasteiger partial charge in [-0.1, -0.05) is 103 Å². The molecule has 0 radical (unpaired) electrons. The van der Waals surface area contributed by atoms with Crippen molar-refractivity contribution in [2.75, 3.05) is 0 Å². The summed E-state index contributed by atoms with van der Waals surface area (Å²) in [6, 6.07) is 52.7. The molecule has 5 nitrogen and oxygen atoms in total. The van der Waals surface area contributed by atoms with Crippen LogP contribution in [0.3, 0.4) is 0 Å². The van der Waals surface area contributed by atoms with Gasteiger partial charge in [0, 0.05) is 56.2 Å². The molecule has 5 heteroatoms. The van der Waals surface area contributed by atoms with Crippen LogP contribution >= 0.6 is 0 Å². The van der Waals surface area contributed by atoms with Gasteiger partial charge in [-0.3, -0.25) is 4.98 Å². The summed E-state index contributed by atoms with van der Waals surface area (Å²) in [6.45, 7) is 0. The summed E-state index contributed by atoms with van der Waals surface area (Å²) in [7, 11) is 0. The minimum Gasteiger partial charge on any atom is -0.457 e. The number of nitrogens with zero attached hydrogens (tertiary/aromatic N) is 1. The number of ether oxygens (including phenoxy) is 2. The SMILES string of the molecule is c1ccc2c(c1)Oc1cc(-c3cccc4oc5ccccc5c34)ccc1C21c2ccccc2Oc2cc(-c3cccc4oc5ccncc5c34)ccc21. The van der Waals surface area contributed by atoms with Crippen LogP contribution in [0.15, 0.2) is 173 Å². The molecule has 0 aliphatic carbocycles. The van der Waals surface area contributed by atoms with E-state index in [1.165, 1.54) is 0 Å². The molecule has 10 aromatic rings. The van der Waals surface area contributed by atoms with Crippen molar-refractivity contribution in [2.45, 2.75) is 5.41 Å². The number of para-hydroxylation sites is 3. The van der Waals surface area contributed by atoms with Crippen LogP contribution in [0.2, 0.25) is 0 Å². The molecule has 0 fully saturated rings. The van der Waals surface area contributed by atoms with Gasteiger partial charge in [0.05, 0.1) is 5.41 Å². The van der Waals surface area contributed by atoms with Crippen molar-refractivity contribution in [3.63, 3.8) is 0 Å². The Bertz CT molecular complexity index is 2940. The maximum absolute atomic E-state index is 6.87. The summed E-state index contributed by atoms with van der Waals surface area (Å²) >= 11 is 0. The predicted molar refractivity (Wildman–Crippen MR) is 208 cm³/mol. The highest BCUT2D eigenvalue weighted by atomic mass is 16.5. The Morgan fingerprint density at radius 3 is 1.55 bits per heavy atom. The van der Waals surface area contributed by atoms with Crippen molar-refractivity contribution in [1.82, 2.24) is 4.98 Å². The Balaban J connectivity index is 1.11. The molecule has 2 aliphatic rings. The van der Waals surface area contributed by atoms with Crippen LogP contribution in [0.5, 0.6) is 23.0 Å². The van der Waals surface area contributed by atoms with E-state index in [9.17, 15) is 0 Å². The molecule has 0 N–H and O–H groups in total. The Morgan fingerprint density at radius 2 is 0.906 bits per heavy atom. The molecule has 0 saturated heterocycles. The van der Waals surface area contributed by atoms with E-state index in [-0.39, 0.29) is 0 Å². The number of aromatic nitrogens is 1. The number of pyridine rings is 1. The molecule has 1 atom stereocenters. The van der Waals surface area contributed by atoms with Crippen LogP contribution in [0, 0.1) is 0 Å². The molecule has 0 bridgehead atoms. The molecular weight excluding hydrogens is 655 g/mol. The highest BCUT2D eigenvalue weighted by Gasteiger charge is 2.50. The molecule has 248 valence electrons. The van der Waals surface area contributed by atoms with Crippen molar-refractivity contribution in [3.05, 3.63) is 186 Å². The summed E-state index contributed by atoms with van der Waals surface area (Å²) in [5, 5.41) is 4.22. The Morgan fingerprint density at radius 1 is 0.396 bits per heavy atom. The zero-order valence-corrected chi connectivity index (χ0v) is 28.2. The van der Waals surface area contributed by atoms with E-state index in [1.807, 2.05) is 54.7 Å². The fraction of sp³-hybridized carbons (Fsp3) is 0.0208. The molecule has 0 saturated carbocycles. The monoisotopic (exact) mass is 681 g/mol. The van der Waals surface area contributed by atoms with Gasteiger partial charge in [-0.2, -0.15) is 0 Å². The molecule has 5 heterocycles. The lowest BCUT2D eigenvalue weighted by molar-refractivity contribution is 0.399. The minimum atomic E-state index is -0.710. The van der Waals surface area contributed by atoms with Crippen molar-refractivity contribution in [1.29, 1.82) is 0 Å². The van der Waals surface area contributed by atoms with E-state index in [4.69, 9.17) is 18.3 Å². The van der Waals surface area contributed by atoms with Gasteiger partial charge in [0.15, 0.2) is 0 Å². The molecule has 53 heavy (non-hydrogen) atoms. The van der Waals surface area contributed by atoms with Gasteiger partial charge < -0.3 is 18.3 Å². The van der Waals surface area contributed by atoms with E-state index in [0.717, 1.165) is 111 Å². The standard InChI is InChI=1S/C48H27NO4/c1-4-14-38-32(9-1)46-30(10-7-17-42(46)50-38)28-19-21-36-44(25-28)52-40-15-5-2-12-34(40)48(36)35-13-3-6-16-41(35)53-45-26-29(20-22-37(45)48)31-11-8-18-43-47(31)33-27-49-24-23-39(33)51-43/h1-27H. The molecule has 7 aromatic carbocycles. The second-order valence-corrected chi connectivity index (χ2v) is 13.8. The summed E-state index contributed by atoms with van der Waals surface area (Å²) < 4.78 is 26.2. The maximum Gasteiger partial charge on any atom is 0.138 e. The first-order valence-corrected chi connectivity index (χ1v) is 17.8. The fourth-order valence-electron chi connectivity index (χ4n) is 8.93. The van der Waals surface area contributed by atoms with Crippen LogP contribution in [-0.2, 0) is 5.41 Å². The third-order valence-corrected chi connectivity index (χ3v) is 11.1. The number of hydrogen-bond acceptors (Lipinski definition) is 5. The van der Waals surface area contributed by atoms with E-state index in [2.05, 4.69) is 108 Å². The lowest BCUT2D eigenvalue weighted by atomic mass is 9.62. The summed E-state index contributed by atoms with van der Waals surface area (Å²) in [5.41, 5.74) is 11.2. The summed E-state index contributed by atoms with van der Waals surface area (Å²) in [4.78, 5) is 4.41. The first-order chi connectivity index (χ1) is 26.3. The highest BCUT2D eigenvalue weighted by Crippen LogP contribution is 2.62. The van der Waals surface area contributed by atoms with E-state index >= 15 is 0 Å². The smallest absolute Gasteiger partial charge is 0.138 e. The number of furan rings is 2. The number of hydrogen-bond donors (Lipinski definition) is 0. The van der Waals surface area contributed by atoms with Crippen molar-refractivity contribution in [2.24, 2.45) is 0 Å². The van der Waals surface area contributed by atoms with E-state index in [1.54, 1.807) is 6.20 Å². The van der Waals surface area contributed by atoms with Gasteiger partial charge in [0.1, 0.15) is 45.3 Å². The Kier molecular flexibility index (Phi) is 5.64. The average molecular weight is 682 g/mol. The summed E-state index contributed by atoms with van der Waals surface area (Å²) in [5.74, 6) is 3.23. The van der Waals surface area contributed by atoms with Crippen LogP contribution in [0.1, 0.15) is 22.3 Å². The number of benzene rings is 7. The van der Waals surface area contributed by atoms with E-state index < -0.39 is 5.41 Å². The topological polar surface area (TPSA) is 57.6 Å². The largest absolute Gasteiger partial charge is 0.457 e. The number of rotatable bonds is 2. The van der Waals surface area contributed by atoms with Crippen molar-refractivity contribution >= 4 is 43.9 Å². The highest BCUT2D eigenvalue weighted by molar-refractivity contribution is 6.13. The second-order valence-electron chi connectivity index (χ2n) is 13.8. The molecule has 3 aromatic heterocycles. The van der Waals surface area contributed by atoms with Gasteiger partial charge in [0.25, 0.3) is 0 Å². The third kappa shape index (κ3) is 3.83. The zero-order chi connectivity index (χ0) is 34.7. The first kappa shape index (κ1) is 28.6. The fourth-order valence-corrected chi connectivity index (χ4v) is 8.93. The van der Waals surface area contributed by atoms with Crippen LogP contribution in [0.4, 0.5) is 0 Å². The molecule has 1 unspecified atom stereocenters. The van der Waals surface area contributed by atoms with Gasteiger partial charge in [-0.15, -0.1) is 0 Å². The minimum absolute atomic E-state index is 0.710. The molecule has 1 spiro atoms. The summed E-state index contributed by atoms with van der Waals surface area (Å²) in [6.07, 6.45) is 3.64. The van der Waals surface area contributed by atoms with Crippen LogP contribution in [0.25, 0.3) is 66.1 Å². The average Bonchev–Trinajstić information content (AvgIpc) is 3.79. The zero-order valence-electron chi connectivity index (χ0n) is 28.2. The van der Waals surface area contributed by atoms with Crippen molar-refractivity contribution < 1.29 is 18.3 Å². The van der Waals surface area contributed by atoms with E-state index in [0.29, 0.717) is 0 Å². The predicted octanol–water partition coefficient (Wildman–Crippen LogP) is 12.8. The quantitative estimate of drug-likeness (QED) is 0.182.